The Labute approximate surface area is 159 Å². The fourth-order valence-electron chi connectivity index (χ4n) is 2.87. The van der Waals surface area contributed by atoms with Crippen LogP contribution in [0, 0.1) is 0 Å². The minimum Gasteiger partial charge on any atom is -0.486 e. The van der Waals surface area contributed by atoms with Gasteiger partial charge < -0.3 is 14.2 Å². The maximum absolute atomic E-state index is 5.88. The van der Waals surface area contributed by atoms with E-state index in [-0.39, 0.29) is 12.2 Å². The van der Waals surface area contributed by atoms with Crippen LogP contribution in [-0.2, 0) is 18.0 Å². The van der Waals surface area contributed by atoms with Crippen LogP contribution in [0.2, 0.25) is 0 Å². The van der Waals surface area contributed by atoms with E-state index in [0.717, 1.165) is 18.4 Å². The average molecular weight is 362 g/mol. The van der Waals surface area contributed by atoms with Gasteiger partial charge in [0, 0.05) is 12.8 Å². The molecule has 27 heavy (non-hydrogen) atoms. The van der Waals surface area contributed by atoms with Gasteiger partial charge in [0.25, 0.3) is 0 Å². The molecule has 1 aliphatic carbocycles. The molecule has 0 atom stereocenters. The van der Waals surface area contributed by atoms with E-state index in [1.54, 1.807) is 12.4 Å². The number of hydrogen-bond acceptors (Lipinski definition) is 5. The molecule has 138 valence electrons. The molecular weight excluding hydrogens is 340 g/mol. The second-order valence-corrected chi connectivity index (χ2v) is 6.61. The Kier molecular flexibility index (Phi) is 5.60. The topological polar surface area (TPSA) is 53.5 Å². The zero-order chi connectivity index (χ0) is 18.3. The van der Waals surface area contributed by atoms with Gasteiger partial charge in [-0.25, -0.2) is 0 Å². The van der Waals surface area contributed by atoms with Crippen LogP contribution < -0.4 is 9.47 Å². The highest BCUT2D eigenvalue weighted by molar-refractivity contribution is 5.18. The summed E-state index contributed by atoms with van der Waals surface area (Å²) in [7, 11) is 0. The van der Waals surface area contributed by atoms with Crippen LogP contribution in [0.15, 0.2) is 73.1 Å². The summed E-state index contributed by atoms with van der Waals surface area (Å²) in [6, 6.07) is 20.6. The molecule has 1 heterocycles. The highest BCUT2D eigenvalue weighted by Crippen LogP contribution is 2.28. The van der Waals surface area contributed by atoms with Gasteiger partial charge in [-0.05, 0) is 11.1 Å². The van der Waals surface area contributed by atoms with Gasteiger partial charge in [-0.3, -0.25) is 0 Å². The van der Waals surface area contributed by atoms with Gasteiger partial charge in [0.1, 0.15) is 12.7 Å². The number of nitrogens with zero attached hydrogens (tertiary/aromatic N) is 2. The van der Waals surface area contributed by atoms with E-state index in [1.807, 2.05) is 48.5 Å². The first-order valence-corrected chi connectivity index (χ1v) is 9.16. The molecule has 0 bridgehead atoms. The number of ether oxygens (including phenoxy) is 3. The molecule has 5 heteroatoms. The molecule has 1 aliphatic rings. The normalized spacial score (nSPS) is 18.5. The van der Waals surface area contributed by atoms with Crippen LogP contribution in [-0.4, -0.2) is 22.2 Å². The van der Waals surface area contributed by atoms with Crippen LogP contribution in [0.4, 0.5) is 0 Å². The summed E-state index contributed by atoms with van der Waals surface area (Å²) in [5.74, 6) is 0.629. The van der Waals surface area contributed by atoms with Crippen LogP contribution in [0.1, 0.15) is 24.0 Å². The average Bonchev–Trinajstić information content (AvgIpc) is 2.70. The minimum absolute atomic E-state index is 0.113. The van der Waals surface area contributed by atoms with Crippen molar-refractivity contribution in [3.05, 3.63) is 84.2 Å². The molecule has 0 saturated heterocycles. The molecule has 3 aromatic rings. The SMILES string of the molecule is c1ccc(COc2cnc(OC3CC(OCc4ccccc4)C3)nc2)cc1. The first kappa shape index (κ1) is 17.5. The number of hydrogen-bond donors (Lipinski definition) is 0. The van der Waals surface area contributed by atoms with E-state index in [0.29, 0.717) is 25.0 Å². The van der Waals surface area contributed by atoms with Crippen molar-refractivity contribution in [3.63, 3.8) is 0 Å². The van der Waals surface area contributed by atoms with Gasteiger partial charge in [0.15, 0.2) is 5.75 Å². The van der Waals surface area contributed by atoms with Crippen molar-refractivity contribution >= 4 is 0 Å². The van der Waals surface area contributed by atoms with Crippen LogP contribution in [0.25, 0.3) is 0 Å². The standard InChI is InChI=1S/C22H22N2O3/c1-3-7-17(8-4-1)15-25-19-11-20(12-19)27-22-23-13-21(14-24-22)26-16-18-9-5-2-6-10-18/h1-10,13-14,19-20H,11-12,15-16H2. The molecule has 1 aromatic heterocycles. The van der Waals surface area contributed by atoms with Crippen molar-refractivity contribution in [3.8, 4) is 11.8 Å². The third-order valence-corrected chi connectivity index (χ3v) is 4.50. The van der Waals surface area contributed by atoms with Crippen molar-refractivity contribution < 1.29 is 14.2 Å². The number of rotatable bonds is 8. The van der Waals surface area contributed by atoms with Gasteiger partial charge in [0.2, 0.25) is 0 Å². The van der Waals surface area contributed by atoms with Gasteiger partial charge in [0.05, 0.1) is 25.1 Å². The second kappa shape index (κ2) is 8.64. The predicted octanol–water partition coefficient (Wildman–Crippen LogP) is 4.18. The third kappa shape index (κ3) is 5.05. The maximum Gasteiger partial charge on any atom is 0.316 e. The minimum atomic E-state index is 0.113. The van der Waals surface area contributed by atoms with E-state index >= 15 is 0 Å². The lowest BCUT2D eigenvalue weighted by Gasteiger charge is -2.34. The van der Waals surface area contributed by atoms with Crippen molar-refractivity contribution in [2.24, 2.45) is 0 Å². The lowest BCUT2D eigenvalue weighted by atomic mass is 9.92. The Bertz CT molecular complexity index is 819. The monoisotopic (exact) mass is 362 g/mol. The highest BCUT2D eigenvalue weighted by Gasteiger charge is 2.32. The Morgan fingerprint density at radius 1 is 0.741 bits per heavy atom. The number of benzene rings is 2. The molecular formula is C22H22N2O3. The first-order chi connectivity index (χ1) is 13.3. The van der Waals surface area contributed by atoms with Crippen molar-refractivity contribution in [2.75, 3.05) is 0 Å². The van der Waals surface area contributed by atoms with Crippen LogP contribution >= 0.6 is 0 Å². The van der Waals surface area contributed by atoms with Crippen molar-refractivity contribution in [1.82, 2.24) is 9.97 Å². The molecule has 0 aliphatic heterocycles. The zero-order valence-corrected chi connectivity index (χ0v) is 15.0. The second-order valence-electron chi connectivity index (χ2n) is 6.61. The molecule has 0 unspecified atom stereocenters. The molecule has 0 spiro atoms. The lowest BCUT2D eigenvalue weighted by molar-refractivity contribution is -0.0707. The van der Waals surface area contributed by atoms with E-state index < -0.39 is 0 Å². The smallest absolute Gasteiger partial charge is 0.316 e. The number of aromatic nitrogens is 2. The molecule has 4 rings (SSSR count). The van der Waals surface area contributed by atoms with Crippen LogP contribution in [0.3, 0.4) is 0 Å². The molecule has 1 saturated carbocycles. The van der Waals surface area contributed by atoms with E-state index in [2.05, 4.69) is 22.1 Å². The summed E-state index contributed by atoms with van der Waals surface area (Å²) in [6.45, 7) is 1.13. The Hall–Kier alpha value is -2.92. The van der Waals surface area contributed by atoms with E-state index in [4.69, 9.17) is 14.2 Å². The molecule has 5 nitrogen and oxygen atoms in total. The first-order valence-electron chi connectivity index (χ1n) is 9.16. The maximum atomic E-state index is 5.88. The fraction of sp³-hybridized carbons (Fsp3) is 0.273. The summed E-state index contributed by atoms with van der Waals surface area (Å²) < 4.78 is 17.4. The summed E-state index contributed by atoms with van der Waals surface area (Å²) in [6.07, 6.45) is 5.37. The molecule has 0 radical (unpaired) electrons. The van der Waals surface area contributed by atoms with Gasteiger partial charge >= 0.3 is 6.01 Å². The summed E-state index contributed by atoms with van der Waals surface area (Å²) in [5, 5.41) is 0. The Balaban J connectivity index is 1.17. The van der Waals surface area contributed by atoms with Crippen LogP contribution in [0.5, 0.6) is 11.8 Å². The largest absolute Gasteiger partial charge is 0.486 e. The molecule has 0 amide bonds. The highest BCUT2D eigenvalue weighted by atomic mass is 16.5. The molecule has 2 aromatic carbocycles. The molecule has 1 fully saturated rings. The zero-order valence-electron chi connectivity index (χ0n) is 15.0. The summed E-state index contributed by atoms with van der Waals surface area (Å²) in [4.78, 5) is 8.46. The fourth-order valence-corrected chi connectivity index (χ4v) is 2.87. The van der Waals surface area contributed by atoms with E-state index in [9.17, 15) is 0 Å². The molecule has 0 N–H and O–H groups in total. The predicted molar refractivity (Wildman–Crippen MR) is 101 cm³/mol. The van der Waals surface area contributed by atoms with Gasteiger partial charge in [-0.15, -0.1) is 0 Å². The summed E-state index contributed by atoms with van der Waals surface area (Å²) in [5.41, 5.74) is 2.30. The Morgan fingerprint density at radius 2 is 1.33 bits per heavy atom. The van der Waals surface area contributed by atoms with Gasteiger partial charge in [-0.2, -0.15) is 9.97 Å². The quantitative estimate of drug-likeness (QED) is 0.602. The van der Waals surface area contributed by atoms with E-state index in [1.165, 1.54) is 5.56 Å². The third-order valence-electron chi connectivity index (χ3n) is 4.50. The van der Waals surface area contributed by atoms with Gasteiger partial charge in [-0.1, -0.05) is 60.7 Å². The van der Waals surface area contributed by atoms with Crippen molar-refractivity contribution in [1.29, 1.82) is 0 Å². The summed E-state index contributed by atoms with van der Waals surface area (Å²) >= 11 is 0. The Morgan fingerprint density at radius 3 is 1.96 bits per heavy atom. The lowest BCUT2D eigenvalue weighted by Crippen LogP contribution is -2.39. The van der Waals surface area contributed by atoms with Crippen molar-refractivity contribution in [2.45, 2.75) is 38.3 Å².